The van der Waals surface area contributed by atoms with Crippen molar-refractivity contribution in [3.63, 3.8) is 0 Å². The zero-order chi connectivity index (χ0) is 0. The molecule has 0 aromatic heterocycles. The van der Waals surface area contributed by atoms with E-state index in [-0.39, 0.29) is 77.5 Å². The maximum atomic E-state index is 0. The molecular weight excluding hydrogens is 352 g/mol. The molecule has 0 saturated carbocycles. The summed E-state index contributed by atoms with van der Waals surface area (Å²) >= 11 is 0. The molecule has 1 radical (unpaired) electrons. The van der Waals surface area contributed by atoms with Crippen LogP contribution in [0.5, 0.6) is 0 Å². The summed E-state index contributed by atoms with van der Waals surface area (Å²) < 4.78 is 0. The molecule has 7 N–H and O–H groups in total. The minimum atomic E-state index is 0. The first-order valence-corrected chi connectivity index (χ1v) is 0. The molecule has 0 fully saturated rings. The second kappa shape index (κ2) is 609. The van der Waals surface area contributed by atoms with Gasteiger partial charge in [-0.1, -0.05) is 0 Å². The largest absolute Gasteiger partial charge is 5.00 e. The second-order valence-electron chi connectivity index (χ2n) is 0. The van der Waals surface area contributed by atoms with Crippen molar-refractivity contribution in [2.45, 2.75) is 0 Å². The summed E-state index contributed by atoms with van der Waals surface area (Å²) in [5.74, 6) is 0. The van der Waals surface area contributed by atoms with Crippen molar-refractivity contribution in [1.82, 2.24) is 0 Å². The summed E-state index contributed by atoms with van der Waals surface area (Å²) in [5, 5.41) is 0. The topological polar surface area (TPSA) is 210 Å². The monoisotopic (exact) mass is 359 g/mol. The zero-order valence-electron chi connectivity index (χ0n) is 3.91. The molecule has 0 saturated heterocycles. The molecule has 0 unspecified atom stereocenters. The van der Waals surface area contributed by atoms with Crippen molar-refractivity contribution in [1.29, 1.82) is 0 Å². The molecule has 7 nitrogen and oxygen atoms in total. The molecule has 0 aromatic rings. The zero-order valence-corrected chi connectivity index (χ0v) is 8.17. The minimum absolute atomic E-state index is 0. The van der Waals surface area contributed by atoms with Crippen LogP contribution in [0.2, 0.25) is 0 Å². The van der Waals surface area contributed by atoms with Crippen molar-refractivity contribution >= 4 is 0 Å². The molecule has 0 aliphatic rings. The third-order valence-electron chi connectivity index (χ3n) is 0. The third-order valence-corrected chi connectivity index (χ3v) is 0. The van der Waals surface area contributed by atoms with Gasteiger partial charge in [-0.2, -0.15) is 0 Å². The van der Waals surface area contributed by atoms with E-state index in [9.17, 15) is 0 Å². The maximum absolute atomic E-state index is 0. The van der Waals surface area contributed by atoms with E-state index >= 15 is 0 Å². The minimum Gasteiger partial charge on any atom is -0.870 e. The van der Waals surface area contributed by atoms with Crippen LogP contribution in [0, 0.1) is 0 Å². The average Bonchev–Trinajstić information content (AvgIpc) is 0. The Balaban J connectivity index is 0. The van der Waals surface area contributed by atoms with Crippen LogP contribution < -0.4 is 0 Å². The van der Waals surface area contributed by atoms with Crippen LogP contribution in [0.1, 0.15) is 0 Å². The van der Waals surface area contributed by atoms with Crippen molar-refractivity contribution < 1.29 is 77.5 Å². The maximum Gasteiger partial charge on any atom is 5.00 e. The van der Waals surface area contributed by atoms with Crippen molar-refractivity contribution in [2.24, 2.45) is 0 Å². The molecule has 0 bridgehead atoms. The van der Waals surface area contributed by atoms with Crippen LogP contribution >= 0.6 is 0 Å². The Kier molecular flexibility index (Phi) is 58000. The third kappa shape index (κ3) is 466. The van der Waals surface area contributed by atoms with Gasteiger partial charge in [0.15, 0.2) is 0 Å². The summed E-state index contributed by atoms with van der Waals surface area (Å²) in [6.07, 6.45) is 0. The van der Waals surface area contributed by atoms with Gasteiger partial charge in [0.1, 0.15) is 0 Å². The van der Waals surface area contributed by atoms with Crippen LogP contribution in [0.4, 0.5) is 0 Å². The SMILES string of the molecule is [Co+2].[OH-].[OH-].[OH-].[OH-].[OH-].[OH-].[OH-].[Ta+5]. The molecule has 9 heavy (non-hydrogen) atoms. The fraction of sp³-hybridized carbons (Fsp3) is 0. The molecule has 0 spiro atoms. The van der Waals surface area contributed by atoms with Crippen LogP contribution in [0.15, 0.2) is 0 Å². The van der Waals surface area contributed by atoms with Gasteiger partial charge in [-0.05, 0) is 0 Å². The number of rotatable bonds is 0. The summed E-state index contributed by atoms with van der Waals surface area (Å²) in [5.41, 5.74) is 0. The first-order valence-electron chi connectivity index (χ1n) is 0. The van der Waals surface area contributed by atoms with E-state index < -0.39 is 0 Å². The van der Waals surface area contributed by atoms with Crippen molar-refractivity contribution in [2.75, 3.05) is 0 Å². The Bertz CT molecular complexity index is 8.88. The predicted octanol–water partition coefficient (Wildman–Crippen LogP) is -1.24. The standard InChI is InChI=1S/Co.7H2O.Ta/h;7*1H2;/q+2;;;;;;;;+5/p-7. The Morgan fingerprint density at radius 3 is 0.333 bits per heavy atom. The van der Waals surface area contributed by atoms with Gasteiger partial charge in [0.05, 0.1) is 0 Å². The number of hydrogen-bond acceptors (Lipinski definition) is 7. The van der Waals surface area contributed by atoms with E-state index in [1.165, 1.54) is 0 Å². The quantitative estimate of drug-likeness (QED) is 0.512. The van der Waals surface area contributed by atoms with E-state index in [1.807, 2.05) is 0 Å². The molecule has 0 aromatic carbocycles. The molecular formula is H7CoO7Ta. The van der Waals surface area contributed by atoms with E-state index in [0.717, 1.165) is 0 Å². The molecule has 0 aliphatic carbocycles. The Labute approximate surface area is 77.7 Å². The summed E-state index contributed by atoms with van der Waals surface area (Å²) in [6, 6.07) is 0. The van der Waals surface area contributed by atoms with E-state index in [0.29, 0.717) is 0 Å². The summed E-state index contributed by atoms with van der Waals surface area (Å²) in [4.78, 5) is 0. The Hall–Kier alpha value is 0.967. The van der Waals surface area contributed by atoms with Gasteiger partial charge in [0, 0.05) is 0 Å². The first kappa shape index (κ1) is 857. The molecule has 0 aliphatic heterocycles. The van der Waals surface area contributed by atoms with E-state index in [4.69, 9.17) is 0 Å². The molecule has 0 atom stereocenters. The van der Waals surface area contributed by atoms with Crippen molar-refractivity contribution in [3.05, 3.63) is 0 Å². The fourth-order valence-corrected chi connectivity index (χ4v) is 0. The average molecular weight is 359 g/mol. The summed E-state index contributed by atoms with van der Waals surface area (Å²) in [6.45, 7) is 0. The Morgan fingerprint density at radius 1 is 0.333 bits per heavy atom. The normalized spacial score (nSPS) is 0. The molecule has 0 amide bonds. The predicted molar refractivity (Wildman–Crippen MR) is 13.6 cm³/mol. The van der Waals surface area contributed by atoms with Gasteiger partial charge in [-0.25, -0.2) is 0 Å². The van der Waals surface area contributed by atoms with Gasteiger partial charge in [0.25, 0.3) is 0 Å². The molecule has 9 heteroatoms. The second-order valence-corrected chi connectivity index (χ2v) is 0. The summed E-state index contributed by atoms with van der Waals surface area (Å²) in [7, 11) is 0. The van der Waals surface area contributed by atoms with Crippen LogP contribution in [-0.2, 0) is 39.2 Å². The van der Waals surface area contributed by atoms with Gasteiger partial charge >= 0.3 is 39.2 Å². The molecule has 63 valence electrons. The van der Waals surface area contributed by atoms with E-state index in [1.54, 1.807) is 0 Å². The van der Waals surface area contributed by atoms with Crippen LogP contribution in [0.3, 0.4) is 0 Å². The first-order chi connectivity index (χ1) is 0. The van der Waals surface area contributed by atoms with Crippen LogP contribution in [0.25, 0.3) is 0 Å². The van der Waals surface area contributed by atoms with Gasteiger partial charge < -0.3 is 38.3 Å². The fourth-order valence-electron chi connectivity index (χ4n) is 0. The molecule has 0 rings (SSSR count). The van der Waals surface area contributed by atoms with Crippen LogP contribution in [-0.4, -0.2) is 38.3 Å². The van der Waals surface area contributed by atoms with Gasteiger partial charge in [-0.3, -0.25) is 0 Å². The van der Waals surface area contributed by atoms with E-state index in [2.05, 4.69) is 0 Å². The van der Waals surface area contributed by atoms with Gasteiger partial charge in [-0.15, -0.1) is 0 Å². The van der Waals surface area contributed by atoms with Gasteiger partial charge in [0.2, 0.25) is 0 Å². The van der Waals surface area contributed by atoms with Crippen molar-refractivity contribution in [3.8, 4) is 0 Å². The number of hydrogen-bond donors (Lipinski definition) is 0. The Morgan fingerprint density at radius 2 is 0.333 bits per heavy atom. The molecule has 0 heterocycles. The smallest absolute Gasteiger partial charge is 0.870 e.